The van der Waals surface area contributed by atoms with E-state index in [1.807, 2.05) is 0 Å². The average molecular weight is 470 g/mol. The summed E-state index contributed by atoms with van der Waals surface area (Å²) in [7, 11) is -3.91. The van der Waals surface area contributed by atoms with Crippen LogP contribution in [0.3, 0.4) is 0 Å². The van der Waals surface area contributed by atoms with Gasteiger partial charge in [0.25, 0.3) is 0 Å². The maximum absolute atomic E-state index is 13.7. The third-order valence-electron chi connectivity index (χ3n) is 4.59. The number of rotatable bonds is 9. The van der Waals surface area contributed by atoms with Crippen molar-refractivity contribution >= 4 is 39.1 Å². The number of carbonyl (C=O) groups excluding carboxylic acids is 2. The Balaban J connectivity index is 2.40. The topological polar surface area (TPSA) is 86.8 Å². The van der Waals surface area contributed by atoms with Gasteiger partial charge in [0.05, 0.1) is 11.9 Å². The summed E-state index contributed by atoms with van der Waals surface area (Å²) in [6.07, 6.45) is 0.927. The molecule has 2 aromatic carbocycles. The highest BCUT2D eigenvalue weighted by Gasteiger charge is 2.30. The summed E-state index contributed by atoms with van der Waals surface area (Å²) in [6.45, 7) is 3.07. The van der Waals surface area contributed by atoms with Gasteiger partial charge in [-0.1, -0.05) is 35.9 Å². The van der Waals surface area contributed by atoms with E-state index >= 15 is 0 Å². The molecule has 0 saturated heterocycles. The van der Waals surface area contributed by atoms with Gasteiger partial charge in [-0.15, -0.1) is 0 Å². The van der Waals surface area contributed by atoms with Crippen molar-refractivity contribution in [2.45, 2.75) is 26.4 Å². The van der Waals surface area contributed by atoms with Crippen molar-refractivity contribution in [1.29, 1.82) is 0 Å². The van der Waals surface area contributed by atoms with Crippen LogP contribution in [0.1, 0.15) is 19.4 Å². The maximum atomic E-state index is 13.7. The highest BCUT2D eigenvalue weighted by molar-refractivity contribution is 7.92. The Bertz CT molecular complexity index is 1050. The molecule has 0 aromatic heterocycles. The lowest BCUT2D eigenvalue weighted by atomic mass is 10.1. The number of anilines is 1. The van der Waals surface area contributed by atoms with Gasteiger partial charge in [-0.25, -0.2) is 12.8 Å². The van der Waals surface area contributed by atoms with Gasteiger partial charge in [-0.2, -0.15) is 0 Å². The molecule has 0 bridgehead atoms. The molecule has 0 aliphatic rings. The molecular weight excluding hydrogens is 445 g/mol. The standard InChI is InChI=1S/C21H25ClFN3O4S/c1-4-24-21(28)15(2)25(13-16-8-5-6-11-19(16)22)20(27)14-26(31(3,29)30)18-10-7-9-17(23)12-18/h5-12,15H,4,13-14H2,1-3H3,(H,24,28). The summed E-state index contributed by atoms with van der Waals surface area (Å²) in [5.74, 6) is -1.66. The second kappa shape index (κ2) is 10.6. The molecule has 0 aliphatic carbocycles. The Labute approximate surface area is 186 Å². The minimum absolute atomic E-state index is 0.00242. The molecule has 2 aromatic rings. The summed E-state index contributed by atoms with van der Waals surface area (Å²) < 4.78 is 39.2. The van der Waals surface area contributed by atoms with Crippen molar-refractivity contribution in [1.82, 2.24) is 10.2 Å². The Kier molecular flexibility index (Phi) is 8.41. The number of nitrogens with zero attached hydrogens (tertiary/aromatic N) is 2. The number of hydrogen-bond donors (Lipinski definition) is 1. The fourth-order valence-electron chi connectivity index (χ4n) is 2.96. The van der Waals surface area contributed by atoms with E-state index < -0.39 is 34.3 Å². The van der Waals surface area contributed by atoms with E-state index in [0.717, 1.165) is 16.6 Å². The number of likely N-dealkylation sites (N-methyl/N-ethyl adjacent to an activating group) is 1. The number of sulfonamides is 1. The molecule has 1 N–H and O–H groups in total. The largest absolute Gasteiger partial charge is 0.355 e. The summed E-state index contributed by atoms with van der Waals surface area (Å²) in [5.41, 5.74) is 0.615. The van der Waals surface area contributed by atoms with Crippen LogP contribution < -0.4 is 9.62 Å². The van der Waals surface area contributed by atoms with Crippen LogP contribution in [-0.4, -0.2) is 50.5 Å². The smallest absolute Gasteiger partial charge is 0.244 e. The third kappa shape index (κ3) is 6.67. The molecule has 168 valence electrons. The van der Waals surface area contributed by atoms with Gasteiger partial charge in [0, 0.05) is 18.1 Å². The molecule has 7 nitrogen and oxygen atoms in total. The molecule has 2 rings (SSSR count). The van der Waals surface area contributed by atoms with E-state index in [1.165, 1.54) is 23.1 Å². The number of nitrogens with one attached hydrogen (secondary N) is 1. The summed E-state index contributed by atoms with van der Waals surface area (Å²) in [4.78, 5) is 26.9. The molecule has 0 fully saturated rings. The molecule has 2 amide bonds. The summed E-state index contributed by atoms with van der Waals surface area (Å²) >= 11 is 6.22. The predicted octanol–water partition coefficient (Wildman–Crippen LogP) is 2.80. The highest BCUT2D eigenvalue weighted by atomic mass is 35.5. The highest BCUT2D eigenvalue weighted by Crippen LogP contribution is 2.22. The molecular formula is C21H25ClFN3O4S. The monoisotopic (exact) mass is 469 g/mol. The van der Waals surface area contributed by atoms with Crippen molar-refractivity contribution in [2.24, 2.45) is 0 Å². The minimum atomic E-state index is -3.91. The molecule has 0 radical (unpaired) electrons. The fourth-order valence-corrected chi connectivity index (χ4v) is 4.00. The van der Waals surface area contributed by atoms with E-state index in [2.05, 4.69) is 5.32 Å². The zero-order valence-electron chi connectivity index (χ0n) is 17.5. The van der Waals surface area contributed by atoms with Gasteiger partial charge in [-0.05, 0) is 43.7 Å². The van der Waals surface area contributed by atoms with Crippen molar-refractivity contribution in [3.63, 3.8) is 0 Å². The first-order valence-electron chi connectivity index (χ1n) is 9.58. The van der Waals surface area contributed by atoms with E-state index in [-0.39, 0.29) is 18.1 Å². The van der Waals surface area contributed by atoms with E-state index in [9.17, 15) is 22.4 Å². The first kappa shape index (κ1) is 24.6. The van der Waals surface area contributed by atoms with Crippen LogP contribution in [0.2, 0.25) is 5.02 Å². The van der Waals surface area contributed by atoms with Gasteiger partial charge in [0.15, 0.2) is 0 Å². The van der Waals surface area contributed by atoms with Crippen LogP contribution in [0, 0.1) is 5.82 Å². The third-order valence-corrected chi connectivity index (χ3v) is 6.10. The zero-order valence-corrected chi connectivity index (χ0v) is 19.1. The van der Waals surface area contributed by atoms with Crippen molar-refractivity contribution in [3.05, 3.63) is 64.9 Å². The maximum Gasteiger partial charge on any atom is 0.244 e. The van der Waals surface area contributed by atoms with Gasteiger partial charge in [-0.3, -0.25) is 13.9 Å². The molecule has 0 heterocycles. The molecule has 1 atom stereocenters. The number of carbonyl (C=O) groups is 2. The predicted molar refractivity (Wildman–Crippen MR) is 119 cm³/mol. The van der Waals surface area contributed by atoms with Crippen molar-refractivity contribution < 1.29 is 22.4 Å². The zero-order chi connectivity index (χ0) is 23.2. The second-order valence-electron chi connectivity index (χ2n) is 6.93. The Morgan fingerprint density at radius 2 is 1.84 bits per heavy atom. The molecule has 0 saturated carbocycles. The van der Waals surface area contributed by atoms with Crippen LogP contribution >= 0.6 is 11.6 Å². The van der Waals surface area contributed by atoms with Crippen LogP contribution in [0.15, 0.2) is 48.5 Å². The lowest BCUT2D eigenvalue weighted by molar-refractivity contribution is -0.139. The Hall–Kier alpha value is -2.65. The first-order valence-corrected chi connectivity index (χ1v) is 11.8. The minimum Gasteiger partial charge on any atom is -0.355 e. The van der Waals surface area contributed by atoms with Crippen LogP contribution in [0.25, 0.3) is 0 Å². The Morgan fingerprint density at radius 3 is 2.42 bits per heavy atom. The van der Waals surface area contributed by atoms with Crippen molar-refractivity contribution in [3.8, 4) is 0 Å². The summed E-state index contributed by atoms with van der Waals surface area (Å²) in [5, 5.41) is 3.07. The van der Waals surface area contributed by atoms with Crippen molar-refractivity contribution in [2.75, 3.05) is 23.7 Å². The quantitative estimate of drug-likeness (QED) is 0.611. The second-order valence-corrected chi connectivity index (χ2v) is 9.25. The van der Waals surface area contributed by atoms with E-state index in [0.29, 0.717) is 17.1 Å². The van der Waals surface area contributed by atoms with Gasteiger partial charge in [0.2, 0.25) is 21.8 Å². The van der Waals surface area contributed by atoms with E-state index in [1.54, 1.807) is 38.1 Å². The summed E-state index contributed by atoms with van der Waals surface area (Å²) in [6, 6.07) is 10.9. The molecule has 1 unspecified atom stereocenters. The molecule has 0 spiro atoms. The van der Waals surface area contributed by atoms with E-state index in [4.69, 9.17) is 11.6 Å². The SMILES string of the molecule is CCNC(=O)C(C)N(Cc1ccccc1Cl)C(=O)CN(c1cccc(F)c1)S(C)(=O)=O. The molecule has 31 heavy (non-hydrogen) atoms. The average Bonchev–Trinajstić information content (AvgIpc) is 2.70. The fraction of sp³-hybridized carbons (Fsp3) is 0.333. The Morgan fingerprint density at radius 1 is 1.16 bits per heavy atom. The number of halogens is 2. The number of hydrogen-bond acceptors (Lipinski definition) is 4. The first-order chi connectivity index (χ1) is 14.5. The number of benzene rings is 2. The molecule has 10 heteroatoms. The molecule has 0 aliphatic heterocycles. The van der Waals surface area contributed by atoms with Gasteiger partial charge in [0.1, 0.15) is 18.4 Å². The van der Waals surface area contributed by atoms with Gasteiger partial charge < -0.3 is 10.2 Å². The lowest BCUT2D eigenvalue weighted by Crippen LogP contribution is -2.51. The van der Waals surface area contributed by atoms with Crippen LogP contribution in [0.4, 0.5) is 10.1 Å². The van der Waals surface area contributed by atoms with Gasteiger partial charge >= 0.3 is 0 Å². The number of amides is 2. The van der Waals surface area contributed by atoms with Crippen LogP contribution in [-0.2, 0) is 26.2 Å². The van der Waals surface area contributed by atoms with Crippen LogP contribution in [0.5, 0.6) is 0 Å². The normalized spacial score (nSPS) is 12.2. The lowest BCUT2D eigenvalue weighted by Gasteiger charge is -2.31.